The fraction of sp³-hybridized carbons (Fsp3) is 0.833. The van der Waals surface area contributed by atoms with Crippen LogP contribution in [0.4, 0.5) is 0 Å². The molecule has 1 amide bonds. The number of rotatable bonds is 5. The van der Waals surface area contributed by atoms with Crippen LogP contribution in [0.1, 0.15) is 26.7 Å². The summed E-state index contributed by atoms with van der Waals surface area (Å²) in [4.78, 5) is 23.3. The molecule has 1 aliphatic heterocycles. The highest BCUT2D eigenvalue weighted by molar-refractivity contribution is 5.88. The molecule has 2 aliphatic rings. The highest BCUT2D eigenvalue weighted by Gasteiger charge is 2.49. The molecule has 1 aliphatic carbocycles. The Morgan fingerprint density at radius 2 is 2.00 bits per heavy atom. The van der Waals surface area contributed by atoms with Gasteiger partial charge in [0.1, 0.15) is 5.54 Å². The molecule has 3 N–H and O–H groups in total. The van der Waals surface area contributed by atoms with Crippen LogP contribution < -0.4 is 10.6 Å². The molecule has 2 rings (SSSR count). The molecular formula is C12H20N2O3. The Balaban J connectivity index is 1.97. The average molecular weight is 240 g/mol. The van der Waals surface area contributed by atoms with E-state index in [1.807, 2.05) is 6.92 Å². The van der Waals surface area contributed by atoms with E-state index in [2.05, 4.69) is 10.6 Å². The summed E-state index contributed by atoms with van der Waals surface area (Å²) in [5.41, 5.74) is -1.08. The van der Waals surface area contributed by atoms with Gasteiger partial charge >= 0.3 is 5.97 Å². The zero-order chi connectivity index (χ0) is 12.6. The third-order valence-corrected chi connectivity index (χ3v) is 4.15. The van der Waals surface area contributed by atoms with E-state index < -0.39 is 11.5 Å². The van der Waals surface area contributed by atoms with E-state index in [-0.39, 0.29) is 17.7 Å². The summed E-state index contributed by atoms with van der Waals surface area (Å²) in [6, 6.07) is 0. The van der Waals surface area contributed by atoms with E-state index in [1.165, 1.54) is 0 Å². The minimum atomic E-state index is -1.08. The van der Waals surface area contributed by atoms with Crippen molar-refractivity contribution in [3.63, 3.8) is 0 Å². The third kappa shape index (κ3) is 2.29. The number of carboxylic acid groups (broad SMARTS) is 1. The first-order valence-electron chi connectivity index (χ1n) is 6.21. The highest BCUT2D eigenvalue weighted by Crippen LogP contribution is 2.40. The minimum absolute atomic E-state index is 0.0932. The van der Waals surface area contributed by atoms with Crippen LogP contribution in [0.3, 0.4) is 0 Å². The number of carbonyl (C=O) groups excluding carboxylic acids is 1. The Hall–Kier alpha value is -1.10. The van der Waals surface area contributed by atoms with Gasteiger partial charge in [-0.2, -0.15) is 0 Å². The molecule has 0 spiro atoms. The van der Waals surface area contributed by atoms with Crippen molar-refractivity contribution in [2.75, 3.05) is 13.1 Å². The summed E-state index contributed by atoms with van der Waals surface area (Å²) >= 11 is 0. The second kappa shape index (κ2) is 4.29. The summed E-state index contributed by atoms with van der Waals surface area (Å²) < 4.78 is 0. The topological polar surface area (TPSA) is 78.4 Å². The molecule has 1 saturated carbocycles. The van der Waals surface area contributed by atoms with Gasteiger partial charge in [0.15, 0.2) is 0 Å². The SMILES string of the molecule is CC(C(=O)NC(C)(C(=O)O)C1CC1)C1CNC1. The molecule has 5 nitrogen and oxygen atoms in total. The molecule has 0 radical (unpaired) electrons. The van der Waals surface area contributed by atoms with Gasteiger partial charge in [-0.15, -0.1) is 0 Å². The fourth-order valence-corrected chi connectivity index (χ4v) is 2.24. The largest absolute Gasteiger partial charge is 0.480 e. The predicted octanol–water partition coefficient (Wildman–Crippen LogP) is 0.211. The molecule has 2 fully saturated rings. The lowest BCUT2D eigenvalue weighted by Crippen LogP contribution is -2.58. The number of amides is 1. The molecule has 17 heavy (non-hydrogen) atoms. The zero-order valence-corrected chi connectivity index (χ0v) is 10.3. The van der Waals surface area contributed by atoms with Crippen LogP contribution in [0, 0.1) is 17.8 Å². The summed E-state index contributed by atoms with van der Waals surface area (Å²) in [6.07, 6.45) is 1.78. The molecular weight excluding hydrogens is 220 g/mol. The fourth-order valence-electron chi connectivity index (χ4n) is 2.24. The second-order valence-electron chi connectivity index (χ2n) is 5.48. The molecule has 2 unspecified atom stereocenters. The molecule has 1 heterocycles. The first-order chi connectivity index (χ1) is 7.95. The molecule has 5 heteroatoms. The van der Waals surface area contributed by atoms with Gasteiger partial charge in [0.05, 0.1) is 0 Å². The van der Waals surface area contributed by atoms with Crippen LogP contribution in [0.5, 0.6) is 0 Å². The molecule has 96 valence electrons. The number of nitrogens with one attached hydrogen (secondary N) is 2. The average Bonchev–Trinajstić information content (AvgIpc) is 2.97. The Bertz CT molecular complexity index is 337. The number of hydrogen-bond donors (Lipinski definition) is 3. The van der Waals surface area contributed by atoms with Crippen LogP contribution >= 0.6 is 0 Å². The maximum Gasteiger partial charge on any atom is 0.329 e. The van der Waals surface area contributed by atoms with E-state index in [4.69, 9.17) is 0 Å². The van der Waals surface area contributed by atoms with E-state index in [0.717, 1.165) is 25.9 Å². The Morgan fingerprint density at radius 3 is 2.35 bits per heavy atom. The zero-order valence-electron chi connectivity index (χ0n) is 10.3. The standard InChI is InChI=1S/C12H20N2O3/c1-7(8-5-13-6-8)10(15)14-12(2,11(16)17)9-3-4-9/h7-9,13H,3-6H2,1-2H3,(H,14,15)(H,16,17). The van der Waals surface area contributed by atoms with Crippen molar-refractivity contribution < 1.29 is 14.7 Å². The van der Waals surface area contributed by atoms with Crippen molar-refractivity contribution in [2.24, 2.45) is 17.8 Å². The lowest BCUT2D eigenvalue weighted by atomic mass is 9.86. The monoisotopic (exact) mass is 240 g/mol. The molecule has 0 aromatic carbocycles. The summed E-state index contributed by atoms with van der Waals surface area (Å²) in [5, 5.41) is 15.1. The van der Waals surface area contributed by atoms with Crippen molar-refractivity contribution in [3.05, 3.63) is 0 Å². The van der Waals surface area contributed by atoms with Crippen LogP contribution in [-0.2, 0) is 9.59 Å². The minimum Gasteiger partial charge on any atom is -0.480 e. The van der Waals surface area contributed by atoms with Crippen LogP contribution in [-0.4, -0.2) is 35.6 Å². The molecule has 0 bridgehead atoms. The van der Waals surface area contributed by atoms with Gasteiger partial charge in [0.2, 0.25) is 5.91 Å². The van der Waals surface area contributed by atoms with E-state index in [1.54, 1.807) is 6.92 Å². The van der Waals surface area contributed by atoms with Gasteiger partial charge in [-0.25, -0.2) is 4.79 Å². The predicted molar refractivity (Wildman–Crippen MR) is 62.4 cm³/mol. The normalized spacial score (nSPS) is 25.5. The van der Waals surface area contributed by atoms with Crippen molar-refractivity contribution in [1.82, 2.24) is 10.6 Å². The first kappa shape index (κ1) is 12.4. The highest BCUT2D eigenvalue weighted by atomic mass is 16.4. The van der Waals surface area contributed by atoms with Gasteiger partial charge in [-0.3, -0.25) is 4.79 Å². The van der Waals surface area contributed by atoms with E-state index in [0.29, 0.717) is 5.92 Å². The van der Waals surface area contributed by atoms with Crippen molar-refractivity contribution >= 4 is 11.9 Å². The first-order valence-corrected chi connectivity index (χ1v) is 6.21. The van der Waals surface area contributed by atoms with Crippen molar-refractivity contribution in [1.29, 1.82) is 0 Å². The summed E-state index contributed by atoms with van der Waals surface area (Å²) in [5.74, 6) is -0.739. The van der Waals surface area contributed by atoms with E-state index in [9.17, 15) is 14.7 Å². The smallest absolute Gasteiger partial charge is 0.329 e. The van der Waals surface area contributed by atoms with Crippen LogP contribution in [0.2, 0.25) is 0 Å². The third-order valence-electron chi connectivity index (χ3n) is 4.15. The summed E-state index contributed by atoms with van der Waals surface area (Å²) in [6.45, 7) is 5.19. The molecule has 0 aromatic heterocycles. The number of carbonyl (C=O) groups is 2. The van der Waals surface area contributed by atoms with Gasteiger partial charge in [-0.1, -0.05) is 6.92 Å². The van der Waals surface area contributed by atoms with Gasteiger partial charge in [-0.05, 0) is 44.7 Å². The van der Waals surface area contributed by atoms with Gasteiger partial charge in [0, 0.05) is 5.92 Å². The quantitative estimate of drug-likeness (QED) is 0.642. The lowest BCUT2D eigenvalue weighted by molar-refractivity contribution is -0.149. The van der Waals surface area contributed by atoms with Crippen LogP contribution in [0.15, 0.2) is 0 Å². The number of aliphatic carboxylic acids is 1. The molecule has 1 saturated heterocycles. The Labute approximate surface area is 101 Å². The van der Waals surface area contributed by atoms with Crippen molar-refractivity contribution in [3.8, 4) is 0 Å². The number of hydrogen-bond acceptors (Lipinski definition) is 3. The van der Waals surface area contributed by atoms with Gasteiger partial charge in [0.25, 0.3) is 0 Å². The van der Waals surface area contributed by atoms with E-state index >= 15 is 0 Å². The Kier molecular flexibility index (Phi) is 3.12. The number of carboxylic acids is 1. The second-order valence-corrected chi connectivity index (χ2v) is 5.48. The van der Waals surface area contributed by atoms with Crippen molar-refractivity contribution in [2.45, 2.75) is 32.2 Å². The maximum atomic E-state index is 12.0. The van der Waals surface area contributed by atoms with Gasteiger partial charge < -0.3 is 15.7 Å². The lowest BCUT2D eigenvalue weighted by Gasteiger charge is -2.34. The summed E-state index contributed by atoms with van der Waals surface area (Å²) in [7, 11) is 0. The Morgan fingerprint density at radius 1 is 1.41 bits per heavy atom. The maximum absolute atomic E-state index is 12.0. The molecule has 2 atom stereocenters. The van der Waals surface area contributed by atoms with Crippen LogP contribution in [0.25, 0.3) is 0 Å². The molecule has 0 aromatic rings.